The van der Waals surface area contributed by atoms with Gasteiger partial charge in [-0.3, -0.25) is 39.0 Å². The third kappa shape index (κ3) is 6.34. The van der Waals surface area contributed by atoms with Gasteiger partial charge in [-0.25, -0.2) is 4.85 Å². The second-order valence-electron chi connectivity index (χ2n) is 14.7. The number of rotatable bonds is 5. The van der Waals surface area contributed by atoms with Crippen LogP contribution in [0, 0.1) is 12.0 Å². The summed E-state index contributed by atoms with van der Waals surface area (Å²) in [6.07, 6.45) is 2.95. The van der Waals surface area contributed by atoms with Gasteiger partial charge in [0.15, 0.2) is 0 Å². The van der Waals surface area contributed by atoms with E-state index in [1.165, 1.54) is 0 Å². The first kappa shape index (κ1) is 35.3. The van der Waals surface area contributed by atoms with Crippen LogP contribution in [0.1, 0.15) is 73.5 Å². The third-order valence-corrected chi connectivity index (χ3v) is 12.0. The minimum atomic E-state index is -1.03. The number of carbonyl (C=O) groups is 6. The van der Waals surface area contributed by atoms with E-state index in [1.54, 1.807) is 53.4 Å². The lowest BCUT2D eigenvalue weighted by molar-refractivity contribution is -0.136. The van der Waals surface area contributed by atoms with E-state index >= 15 is 0 Å². The highest BCUT2D eigenvalue weighted by Gasteiger charge is 2.45. The lowest BCUT2D eigenvalue weighted by Crippen LogP contribution is -2.54. The molecule has 1 spiro atoms. The van der Waals surface area contributed by atoms with Crippen molar-refractivity contribution >= 4 is 64.1 Å². The predicted molar refractivity (Wildman–Crippen MR) is 200 cm³/mol. The number of piperazine rings is 1. The van der Waals surface area contributed by atoms with E-state index in [0.717, 1.165) is 48.6 Å². The second-order valence-corrected chi connectivity index (χ2v) is 15.2. The molecular formula is C40H38ClN7O6. The van der Waals surface area contributed by atoms with Gasteiger partial charge in [0, 0.05) is 86.3 Å². The van der Waals surface area contributed by atoms with E-state index in [9.17, 15) is 28.8 Å². The summed E-state index contributed by atoms with van der Waals surface area (Å²) in [5.74, 6) is -2.43. The molecule has 0 bridgehead atoms. The number of hydrogen-bond acceptors (Lipinski definition) is 8. The van der Waals surface area contributed by atoms with Crippen LogP contribution in [0.3, 0.4) is 0 Å². The molecule has 0 saturated carbocycles. The monoisotopic (exact) mass is 747 g/mol. The number of halogens is 1. The van der Waals surface area contributed by atoms with E-state index in [4.69, 9.17) is 18.2 Å². The number of anilines is 2. The Labute approximate surface area is 317 Å². The number of amides is 6. The number of imide groups is 2. The molecule has 5 aliphatic heterocycles. The fraction of sp³-hybridized carbons (Fsp3) is 0.375. The van der Waals surface area contributed by atoms with E-state index < -0.39 is 29.7 Å². The maximum atomic E-state index is 13.7. The van der Waals surface area contributed by atoms with Crippen LogP contribution in [0.2, 0.25) is 5.02 Å². The highest BCUT2D eigenvalue weighted by Crippen LogP contribution is 2.43. The Morgan fingerprint density at radius 2 is 1.37 bits per heavy atom. The zero-order chi connectivity index (χ0) is 37.7. The molecule has 5 heterocycles. The predicted octanol–water partition coefficient (Wildman–Crippen LogP) is 4.39. The molecule has 13 nitrogen and oxygen atoms in total. The molecule has 4 fully saturated rings. The Hall–Kier alpha value is -5.74. The lowest BCUT2D eigenvalue weighted by Gasteiger charge is -2.39. The first-order chi connectivity index (χ1) is 26.0. The molecule has 3 aromatic rings. The molecule has 5 aliphatic rings. The topological polar surface area (TPSA) is 135 Å². The summed E-state index contributed by atoms with van der Waals surface area (Å²) in [5, 5.41) is 2.67. The van der Waals surface area contributed by atoms with Crippen molar-refractivity contribution in [2.24, 2.45) is 5.41 Å². The smallest absolute Gasteiger partial charge is 0.262 e. The Morgan fingerprint density at radius 3 is 2.04 bits per heavy atom. The van der Waals surface area contributed by atoms with Gasteiger partial charge in [-0.2, -0.15) is 0 Å². The maximum absolute atomic E-state index is 13.7. The normalized spacial score (nSPS) is 21.0. The number of benzene rings is 3. The van der Waals surface area contributed by atoms with Crippen molar-refractivity contribution in [1.82, 2.24) is 20.0 Å². The summed E-state index contributed by atoms with van der Waals surface area (Å²) >= 11 is 6.31. The standard InChI is InChI=1S/C40H38ClN7O6/c1-42-32-8-6-28(23-31(32)41)47-16-13-40(24-47)11-14-45(15-12-40)36(51)25-3-2-4-26(21-25)37(52)46-19-17-44(18-20-46)27-5-7-29-30(22-27)39(54)48(38(29)53)33-9-10-34(49)43-35(33)50/h2-8,21-23,33H,9-20,24H2,(H,43,49,50). The first-order valence-corrected chi connectivity index (χ1v) is 18.6. The van der Waals surface area contributed by atoms with Crippen molar-refractivity contribution in [3.63, 3.8) is 0 Å². The number of likely N-dealkylation sites (tertiary alicyclic amines) is 1. The molecule has 1 N–H and O–H groups in total. The Balaban J connectivity index is 0.859. The van der Waals surface area contributed by atoms with Crippen LogP contribution in [0.15, 0.2) is 60.7 Å². The number of fused-ring (bicyclic) bond motifs is 1. The van der Waals surface area contributed by atoms with Crippen molar-refractivity contribution in [2.75, 3.05) is 62.2 Å². The van der Waals surface area contributed by atoms with Crippen molar-refractivity contribution < 1.29 is 28.8 Å². The van der Waals surface area contributed by atoms with Crippen LogP contribution in [0.25, 0.3) is 4.85 Å². The van der Waals surface area contributed by atoms with Crippen molar-refractivity contribution in [1.29, 1.82) is 0 Å². The van der Waals surface area contributed by atoms with Crippen molar-refractivity contribution in [3.05, 3.63) is 99.4 Å². The zero-order valence-corrected chi connectivity index (χ0v) is 30.3. The lowest BCUT2D eigenvalue weighted by atomic mass is 9.77. The first-order valence-electron chi connectivity index (χ1n) is 18.3. The summed E-state index contributed by atoms with van der Waals surface area (Å²) in [7, 11) is 0. The summed E-state index contributed by atoms with van der Waals surface area (Å²) in [6, 6.07) is 16.5. The van der Waals surface area contributed by atoms with E-state index in [0.29, 0.717) is 61.1 Å². The summed E-state index contributed by atoms with van der Waals surface area (Å²) in [5.41, 5.74) is 3.68. The summed E-state index contributed by atoms with van der Waals surface area (Å²) < 4.78 is 0. The minimum Gasteiger partial charge on any atom is -0.371 e. The molecule has 6 amide bonds. The van der Waals surface area contributed by atoms with E-state index in [2.05, 4.69) is 15.1 Å². The molecule has 0 aromatic heterocycles. The van der Waals surface area contributed by atoms with Gasteiger partial charge in [-0.1, -0.05) is 23.7 Å². The van der Waals surface area contributed by atoms with Crippen LogP contribution in [0.5, 0.6) is 0 Å². The summed E-state index contributed by atoms with van der Waals surface area (Å²) in [4.78, 5) is 90.2. The largest absolute Gasteiger partial charge is 0.371 e. The van der Waals surface area contributed by atoms with Gasteiger partial charge in [0.05, 0.1) is 17.7 Å². The molecule has 276 valence electrons. The molecule has 54 heavy (non-hydrogen) atoms. The SMILES string of the molecule is [C-]#[N+]c1ccc(N2CCC3(CCN(C(=O)c4cccc(C(=O)N5CCN(c6ccc7c(c6)C(=O)N(C6CCC(=O)NC6=O)C7=O)CC5)c4)CC3)C2)cc1Cl. The van der Waals surface area contributed by atoms with Gasteiger partial charge in [-0.05, 0) is 79.6 Å². The molecule has 3 aromatic carbocycles. The summed E-state index contributed by atoms with van der Waals surface area (Å²) in [6.45, 7) is 12.2. The van der Waals surface area contributed by atoms with E-state index in [1.807, 2.05) is 21.9 Å². The molecule has 4 saturated heterocycles. The quantitative estimate of drug-likeness (QED) is 0.300. The number of piperidine rings is 2. The van der Waals surface area contributed by atoms with Gasteiger partial charge in [0.25, 0.3) is 23.6 Å². The third-order valence-electron chi connectivity index (χ3n) is 11.7. The van der Waals surface area contributed by atoms with Gasteiger partial charge in [-0.15, -0.1) is 0 Å². The van der Waals surface area contributed by atoms with Gasteiger partial charge in [0.1, 0.15) is 6.04 Å². The molecule has 14 heteroatoms. The highest BCUT2D eigenvalue weighted by molar-refractivity contribution is 6.33. The average molecular weight is 748 g/mol. The molecule has 0 radical (unpaired) electrons. The number of nitrogens with zero attached hydrogens (tertiary/aromatic N) is 6. The Morgan fingerprint density at radius 1 is 0.741 bits per heavy atom. The maximum Gasteiger partial charge on any atom is 0.262 e. The van der Waals surface area contributed by atoms with Crippen LogP contribution < -0.4 is 15.1 Å². The fourth-order valence-electron chi connectivity index (χ4n) is 8.50. The number of carbonyl (C=O) groups excluding carboxylic acids is 6. The molecular weight excluding hydrogens is 710 g/mol. The number of nitrogens with one attached hydrogen (secondary N) is 1. The fourth-order valence-corrected chi connectivity index (χ4v) is 8.72. The minimum absolute atomic E-state index is 0.0534. The van der Waals surface area contributed by atoms with Crippen LogP contribution in [0.4, 0.5) is 17.1 Å². The van der Waals surface area contributed by atoms with Crippen molar-refractivity contribution in [3.8, 4) is 0 Å². The second kappa shape index (κ2) is 13.9. The Bertz CT molecular complexity index is 2150. The Kier molecular flexibility index (Phi) is 9.09. The van der Waals surface area contributed by atoms with Crippen LogP contribution in [-0.2, 0) is 9.59 Å². The molecule has 1 atom stereocenters. The van der Waals surface area contributed by atoms with Gasteiger partial charge in [0.2, 0.25) is 17.5 Å². The zero-order valence-electron chi connectivity index (χ0n) is 29.6. The van der Waals surface area contributed by atoms with E-state index in [-0.39, 0.29) is 41.2 Å². The van der Waals surface area contributed by atoms with Gasteiger partial charge < -0.3 is 19.6 Å². The molecule has 0 aliphatic carbocycles. The molecule has 8 rings (SSSR count). The highest BCUT2D eigenvalue weighted by atomic mass is 35.5. The van der Waals surface area contributed by atoms with Crippen LogP contribution >= 0.6 is 11.6 Å². The van der Waals surface area contributed by atoms with Crippen LogP contribution in [-0.4, -0.2) is 109 Å². The number of hydrogen-bond donors (Lipinski definition) is 1. The average Bonchev–Trinajstić information content (AvgIpc) is 3.71. The molecule has 1 unspecified atom stereocenters. The van der Waals surface area contributed by atoms with Gasteiger partial charge >= 0.3 is 0 Å². The van der Waals surface area contributed by atoms with Crippen molar-refractivity contribution in [2.45, 2.75) is 38.1 Å².